The number of rotatable bonds is 3. The topological polar surface area (TPSA) is 45.9 Å². The molecule has 1 aromatic heterocycles. The highest BCUT2D eigenvalue weighted by molar-refractivity contribution is 6.31. The van der Waals surface area contributed by atoms with Crippen molar-refractivity contribution in [2.75, 3.05) is 0 Å². The Morgan fingerprint density at radius 3 is 2.50 bits per heavy atom. The second kappa shape index (κ2) is 5.35. The first-order valence-electron chi connectivity index (χ1n) is 4.34. The van der Waals surface area contributed by atoms with Crippen molar-refractivity contribution in [1.29, 1.82) is 5.26 Å². The van der Waals surface area contributed by atoms with Gasteiger partial charge in [0, 0.05) is 6.20 Å². The zero-order valence-electron chi connectivity index (χ0n) is 8.43. The van der Waals surface area contributed by atoms with Crippen molar-refractivity contribution in [3.8, 4) is 11.8 Å². The Kier molecular flexibility index (Phi) is 4.29. The molecular formula is C9H4ClF5N2O. The van der Waals surface area contributed by atoms with Crippen LogP contribution in [-0.4, -0.2) is 11.3 Å². The number of pyridine rings is 1. The van der Waals surface area contributed by atoms with Crippen LogP contribution >= 0.6 is 11.6 Å². The summed E-state index contributed by atoms with van der Waals surface area (Å²) >= 11 is 5.30. The van der Waals surface area contributed by atoms with Crippen molar-refractivity contribution in [1.82, 2.24) is 4.98 Å². The number of hydrogen-bond acceptors (Lipinski definition) is 3. The maximum Gasteiger partial charge on any atom is 0.573 e. The van der Waals surface area contributed by atoms with Gasteiger partial charge in [0.25, 0.3) is 6.43 Å². The van der Waals surface area contributed by atoms with E-state index in [1.807, 2.05) is 0 Å². The lowest BCUT2D eigenvalue weighted by molar-refractivity contribution is -0.275. The fourth-order valence-corrected chi connectivity index (χ4v) is 1.39. The van der Waals surface area contributed by atoms with Gasteiger partial charge in [-0.2, -0.15) is 5.26 Å². The fraction of sp³-hybridized carbons (Fsp3) is 0.333. The zero-order chi connectivity index (χ0) is 13.9. The molecule has 98 valence electrons. The van der Waals surface area contributed by atoms with Crippen LogP contribution in [0.3, 0.4) is 0 Å². The molecule has 0 saturated carbocycles. The molecule has 0 saturated heterocycles. The van der Waals surface area contributed by atoms with Gasteiger partial charge in [0.1, 0.15) is 0 Å². The Hall–Kier alpha value is -1.62. The third-order valence-corrected chi connectivity index (χ3v) is 2.09. The van der Waals surface area contributed by atoms with Gasteiger partial charge in [-0.25, -0.2) is 13.8 Å². The Labute approximate surface area is 103 Å². The van der Waals surface area contributed by atoms with Gasteiger partial charge in [0.2, 0.25) is 0 Å². The summed E-state index contributed by atoms with van der Waals surface area (Å²) in [4.78, 5) is 3.28. The molecule has 0 radical (unpaired) electrons. The molecule has 0 aliphatic carbocycles. The number of alkyl halides is 5. The Morgan fingerprint density at radius 2 is 2.06 bits per heavy atom. The minimum atomic E-state index is -5.18. The summed E-state index contributed by atoms with van der Waals surface area (Å²) in [7, 11) is 0. The van der Waals surface area contributed by atoms with Gasteiger partial charge in [0.05, 0.1) is 18.1 Å². The van der Waals surface area contributed by atoms with Crippen LogP contribution in [0, 0.1) is 11.3 Å². The average molecular weight is 287 g/mol. The largest absolute Gasteiger partial charge is 0.573 e. The summed E-state index contributed by atoms with van der Waals surface area (Å²) in [5, 5.41) is 7.56. The number of aromatic nitrogens is 1. The van der Waals surface area contributed by atoms with Crippen molar-refractivity contribution < 1.29 is 26.7 Å². The molecular weight excluding hydrogens is 283 g/mol. The third-order valence-electron chi connectivity index (χ3n) is 1.82. The molecule has 0 fully saturated rings. The molecule has 1 heterocycles. The number of ether oxygens (including phenoxy) is 1. The standard InChI is InChI=1S/C9H4ClF5N2O/c10-7-6(18-9(13,14)15)5(8(11)12)4(1-2-16)3-17-7/h3,8H,1H2. The first-order chi connectivity index (χ1) is 8.26. The van der Waals surface area contributed by atoms with Crippen LogP contribution in [0.5, 0.6) is 5.75 Å². The molecule has 3 nitrogen and oxygen atoms in total. The second-order valence-corrected chi connectivity index (χ2v) is 3.36. The van der Waals surface area contributed by atoms with Crippen molar-refractivity contribution in [2.24, 2.45) is 0 Å². The maximum atomic E-state index is 12.7. The lowest BCUT2D eigenvalue weighted by Crippen LogP contribution is -2.19. The highest BCUT2D eigenvalue weighted by Gasteiger charge is 2.35. The van der Waals surface area contributed by atoms with E-state index in [0.29, 0.717) is 0 Å². The number of hydrogen-bond donors (Lipinski definition) is 0. The number of nitrogens with zero attached hydrogens (tertiary/aromatic N) is 2. The summed E-state index contributed by atoms with van der Waals surface area (Å²) in [6.45, 7) is 0. The molecule has 0 atom stereocenters. The predicted molar refractivity (Wildman–Crippen MR) is 50.2 cm³/mol. The Morgan fingerprint density at radius 1 is 1.44 bits per heavy atom. The fourth-order valence-electron chi connectivity index (χ4n) is 1.20. The van der Waals surface area contributed by atoms with Crippen LogP contribution in [0.4, 0.5) is 22.0 Å². The van der Waals surface area contributed by atoms with Crippen molar-refractivity contribution in [3.63, 3.8) is 0 Å². The van der Waals surface area contributed by atoms with E-state index in [-0.39, 0.29) is 5.56 Å². The van der Waals surface area contributed by atoms with Crippen LogP contribution in [0.25, 0.3) is 0 Å². The van der Waals surface area contributed by atoms with Gasteiger partial charge in [0.15, 0.2) is 10.9 Å². The van der Waals surface area contributed by atoms with Crippen molar-refractivity contribution in [3.05, 3.63) is 22.5 Å². The van der Waals surface area contributed by atoms with Gasteiger partial charge in [-0.15, -0.1) is 13.2 Å². The molecule has 0 aromatic carbocycles. The maximum absolute atomic E-state index is 12.7. The number of nitriles is 1. The molecule has 0 aliphatic rings. The van der Waals surface area contributed by atoms with E-state index in [1.165, 1.54) is 6.07 Å². The van der Waals surface area contributed by atoms with E-state index in [9.17, 15) is 22.0 Å². The minimum absolute atomic E-state index is 0.365. The molecule has 0 unspecified atom stereocenters. The molecule has 0 spiro atoms. The lowest BCUT2D eigenvalue weighted by Gasteiger charge is -2.15. The van der Waals surface area contributed by atoms with Crippen LogP contribution in [-0.2, 0) is 6.42 Å². The first kappa shape index (κ1) is 14.4. The van der Waals surface area contributed by atoms with E-state index in [0.717, 1.165) is 6.20 Å². The lowest BCUT2D eigenvalue weighted by atomic mass is 10.1. The summed E-state index contributed by atoms with van der Waals surface area (Å²) < 4.78 is 65.1. The molecule has 1 rings (SSSR count). The molecule has 0 bridgehead atoms. The normalized spacial score (nSPS) is 11.4. The van der Waals surface area contributed by atoms with E-state index < -0.39 is 35.7 Å². The van der Waals surface area contributed by atoms with Crippen LogP contribution in [0.2, 0.25) is 5.15 Å². The average Bonchev–Trinajstić information content (AvgIpc) is 2.21. The summed E-state index contributed by atoms with van der Waals surface area (Å²) in [5.74, 6) is -1.27. The SMILES string of the molecule is N#CCc1cnc(Cl)c(OC(F)(F)F)c1C(F)F. The molecule has 9 heteroatoms. The summed E-state index contributed by atoms with van der Waals surface area (Å²) in [5.41, 5.74) is -1.44. The quantitative estimate of drug-likeness (QED) is 0.629. The highest BCUT2D eigenvalue weighted by Crippen LogP contribution is 2.39. The molecule has 0 aliphatic heterocycles. The van der Waals surface area contributed by atoms with E-state index >= 15 is 0 Å². The van der Waals surface area contributed by atoms with Gasteiger partial charge in [-0.05, 0) is 5.56 Å². The Balaban J connectivity index is 3.37. The van der Waals surface area contributed by atoms with Gasteiger partial charge in [-0.1, -0.05) is 11.6 Å². The van der Waals surface area contributed by atoms with E-state index in [1.54, 1.807) is 0 Å². The van der Waals surface area contributed by atoms with E-state index in [2.05, 4.69) is 9.72 Å². The van der Waals surface area contributed by atoms with Crippen molar-refractivity contribution in [2.45, 2.75) is 19.2 Å². The van der Waals surface area contributed by atoms with E-state index in [4.69, 9.17) is 16.9 Å². The third kappa shape index (κ3) is 3.43. The zero-order valence-corrected chi connectivity index (χ0v) is 9.19. The first-order valence-corrected chi connectivity index (χ1v) is 4.72. The molecule has 18 heavy (non-hydrogen) atoms. The molecule has 0 N–H and O–H groups in total. The Bertz CT molecular complexity index is 483. The molecule has 0 amide bonds. The number of halogens is 6. The molecule has 1 aromatic rings. The summed E-state index contributed by atoms with van der Waals surface area (Å²) in [6, 6.07) is 1.54. The predicted octanol–water partition coefficient (Wildman–Crippen LogP) is 3.64. The van der Waals surface area contributed by atoms with Gasteiger partial charge < -0.3 is 4.74 Å². The van der Waals surface area contributed by atoms with Crippen molar-refractivity contribution >= 4 is 11.6 Å². The highest BCUT2D eigenvalue weighted by atomic mass is 35.5. The van der Waals surface area contributed by atoms with Gasteiger partial charge >= 0.3 is 6.36 Å². The van der Waals surface area contributed by atoms with Crippen LogP contribution in [0.15, 0.2) is 6.20 Å². The van der Waals surface area contributed by atoms with Crippen LogP contribution < -0.4 is 4.74 Å². The van der Waals surface area contributed by atoms with Gasteiger partial charge in [-0.3, -0.25) is 0 Å². The summed E-state index contributed by atoms with van der Waals surface area (Å²) in [6.07, 6.45) is -8.17. The minimum Gasteiger partial charge on any atom is -0.402 e. The van der Waals surface area contributed by atoms with Crippen LogP contribution in [0.1, 0.15) is 17.6 Å². The monoisotopic (exact) mass is 286 g/mol. The second-order valence-electron chi connectivity index (χ2n) is 3.00. The smallest absolute Gasteiger partial charge is 0.402 e.